The molecule has 1 atom stereocenters. The average Bonchev–Trinajstić information content (AvgIpc) is 2.85. The normalized spacial score (nSPS) is 13.7. The van der Waals surface area contributed by atoms with Crippen LogP contribution in [-0.4, -0.2) is 29.6 Å². The molecule has 0 radical (unpaired) electrons. The van der Waals surface area contributed by atoms with Gasteiger partial charge in [-0.3, -0.25) is 4.68 Å². The van der Waals surface area contributed by atoms with Gasteiger partial charge in [0.15, 0.2) is 0 Å². The fraction of sp³-hybridized carbons (Fsp3) is 0.438. The Kier molecular flexibility index (Phi) is 5.21. The Balaban J connectivity index is 2.31. The molecule has 1 aromatic heterocycles. The van der Waals surface area contributed by atoms with Crippen LogP contribution in [0, 0.1) is 11.7 Å². The summed E-state index contributed by atoms with van der Waals surface area (Å²) in [5.74, 6) is -0.409. The maximum absolute atomic E-state index is 13.1. The van der Waals surface area contributed by atoms with Gasteiger partial charge in [0.2, 0.25) is 10.0 Å². The molecule has 126 valence electrons. The van der Waals surface area contributed by atoms with Crippen molar-refractivity contribution in [3.8, 4) is 0 Å². The number of sulfonamides is 1. The molecule has 0 aliphatic rings. The highest BCUT2D eigenvalue weighted by atomic mass is 32.2. The van der Waals surface area contributed by atoms with Crippen molar-refractivity contribution in [1.29, 1.82) is 0 Å². The summed E-state index contributed by atoms with van der Waals surface area (Å²) in [6.07, 6.45) is 1.57. The van der Waals surface area contributed by atoms with Gasteiger partial charge in [0.05, 0.1) is 11.7 Å². The number of aromatic nitrogens is 2. The first-order valence-electron chi connectivity index (χ1n) is 7.40. The predicted molar refractivity (Wildman–Crippen MR) is 87.6 cm³/mol. The second kappa shape index (κ2) is 6.80. The van der Waals surface area contributed by atoms with Crippen LogP contribution in [0.5, 0.6) is 0 Å². The van der Waals surface area contributed by atoms with Crippen LogP contribution in [0.15, 0.2) is 36.5 Å². The number of aryl methyl sites for hydroxylation is 1. The van der Waals surface area contributed by atoms with Crippen molar-refractivity contribution in [3.63, 3.8) is 0 Å². The summed E-state index contributed by atoms with van der Waals surface area (Å²) in [5.41, 5.74) is 1.40. The molecule has 0 amide bonds. The summed E-state index contributed by atoms with van der Waals surface area (Å²) in [4.78, 5) is 0. The maximum atomic E-state index is 13.1. The molecule has 0 fully saturated rings. The lowest BCUT2D eigenvalue weighted by molar-refractivity contribution is 0.299. The summed E-state index contributed by atoms with van der Waals surface area (Å²) in [6.45, 7) is 3.90. The van der Waals surface area contributed by atoms with E-state index >= 15 is 0 Å². The van der Waals surface area contributed by atoms with E-state index in [2.05, 4.69) is 5.10 Å². The molecule has 0 aliphatic heterocycles. The van der Waals surface area contributed by atoms with E-state index in [0.29, 0.717) is 5.69 Å². The molecule has 0 spiro atoms. The molecule has 0 aliphatic carbocycles. The predicted octanol–water partition coefficient (Wildman–Crippen LogP) is 2.72. The van der Waals surface area contributed by atoms with E-state index in [4.69, 9.17) is 0 Å². The SMILES string of the molecule is CC(C)C(c1ccc(F)cc1)N(C)S(=O)(=O)Cc1ccnn1C. The first kappa shape index (κ1) is 17.6. The molecule has 0 saturated heterocycles. The first-order chi connectivity index (χ1) is 10.7. The van der Waals surface area contributed by atoms with Crippen molar-refractivity contribution in [2.75, 3.05) is 7.05 Å². The van der Waals surface area contributed by atoms with Gasteiger partial charge >= 0.3 is 0 Å². The van der Waals surface area contributed by atoms with Crippen LogP contribution >= 0.6 is 0 Å². The molecule has 1 unspecified atom stereocenters. The van der Waals surface area contributed by atoms with Crippen LogP contribution < -0.4 is 0 Å². The fourth-order valence-electron chi connectivity index (χ4n) is 2.68. The summed E-state index contributed by atoms with van der Waals surface area (Å²) < 4.78 is 41.6. The monoisotopic (exact) mass is 339 g/mol. The highest BCUT2D eigenvalue weighted by Crippen LogP contribution is 2.30. The molecule has 0 N–H and O–H groups in total. The quantitative estimate of drug-likeness (QED) is 0.813. The van der Waals surface area contributed by atoms with E-state index in [9.17, 15) is 12.8 Å². The fourth-order valence-corrected chi connectivity index (χ4v) is 4.25. The Morgan fingerprint density at radius 1 is 1.22 bits per heavy atom. The lowest BCUT2D eigenvalue weighted by Crippen LogP contribution is -2.35. The second-order valence-electron chi connectivity index (χ2n) is 5.96. The van der Waals surface area contributed by atoms with Gasteiger partial charge < -0.3 is 0 Å². The smallest absolute Gasteiger partial charge is 0.220 e. The Hall–Kier alpha value is -1.73. The first-order valence-corrected chi connectivity index (χ1v) is 9.01. The van der Waals surface area contributed by atoms with E-state index in [0.717, 1.165) is 5.56 Å². The number of benzene rings is 1. The summed E-state index contributed by atoms with van der Waals surface area (Å²) in [7, 11) is -0.247. The van der Waals surface area contributed by atoms with Crippen molar-refractivity contribution in [1.82, 2.24) is 14.1 Å². The third kappa shape index (κ3) is 3.97. The minimum atomic E-state index is -3.53. The van der Waals surface area contributed by atoms with Crippen LogP contribution in [0.1, 0.15) is 31.1 Å². The standard InChI is InChI=1S/C16H22FN3O2S/c1-12(2)16(13-5-7-14(17)8-6-13)20(4)23(21,22)11-15-9-10-18-19(15)3/h5-10,12,16H,11H2,1-4H3. The van der Waals surface area contributed by atoms with Crippen molar-refractivity contribution in [3.05, 3.63) is 53.6 Å². The number of hydrogen-bond donors (Lipinski definition) is 0. The molecule has 23 heavy (non-hydrogen) atoms. The molecule has 5 nitrogen and oxygen atoms in total. The number of halogens is 1. The molecule has 2 aromatic rings. The Morgan fingerprint density at radius 2 is 1.83 bits per heavy atom. The topological polar surface area (TPSA) is 55.2 Å². The van der Waals surface area contributed by atoms with E-state index in [1.807, 2.05) is 13.8 Å². The Morgan fingerprint density at radius 3 is 2.30 bits per heavy atom. The zero-order valence-corrected chi connectivity index (χ0v) is 14.6. The molecule has 1 aromatic carbocycles. The van der Waals surface area contributed by atoms with Gasteiger partial charge in [-0.05, 0) is 29.7 Å². The van der Waals surface area contributed by atoms with Gasteiger partial charge in [-0.1, -0.05) is 26.0 Å². The van der Waals surface area contributed by atoms with Gasteiger partial charge in [0, 0.05) is 20.3 Å². The summed E-state index contributed by atoms with van der Waals surface area (Å²) in [5, 5.41) is 4.00. The molecular weight excluding hydrogens is 317 g/mol. The van der Waals surface area contributed by atoms with Crippen LogP contribution in [-0.2, 0) is 22.8 Å². The van der Waals surface area contributed by atoms with E-state index in [1.165, 1.54) is 16.4 Å². The zero-order valence-electron chi connectivity index (χ0n) is 13.8. The Bertz CT molecular complexity index is 754. The van der Waals surface area contributed by atoms with Gasteiger partial charge in [-0.2, -0.15) is 9.40 Å². The van der Waals surface area contributed by atoms with Crippen molar-refractivity contribution in [2.24, 2.45) is 13.0 Å². The van der Waals surface area contributed by atoms with Gasteiger partial charge in [-0.25, -0.2) is 12.8 Å². The van der Waals surface area contributed by atoms with Gasteiger partial charge in [0.1, 0.15) is 11.6 Å². The number of nitrogens with zero attached hydrogens (tertiary/aromatic N) is 3. The minimum Gasteiger partial charge on any atom is -0.272 e. The van der Waals surface area contributed by atoms with Crippen molar-refractivity contribution in [2.45, 2.75) is 25.6 Å². The van der Waals surface area contributed by atoms with Gasteiger partial charge in [0.25, 0.3) is 0 Å². The zero-order chi connectivity index (χ0) is 17.2. The van der Waals surface area contributed by atoms with Crippen LogP contribution in [0.3, 0.4) is 0 Å². The van der Waals surface area contributed by atoms with E-state index < -0.39 is 10.0 Å². The van der Waals surface area contributed by atoms with Crippen LogP contribution in [0.4, 0.5) is 4.39 Å². The third-order valence-corrected chi connectivity index (χ3v) is 5.69. The molecule has 1 heterocycles. The maximum Gasteiger partial charge on any atom is 0.220 e. The van der Waals surface area contributed by atoms with Gasteiger partial charge in [-0.15, -0.1) is 0 Å². The molecule has 2 rings (SSSR count). The largest absolute Gasteiger partial charge is 0.272 e. The molecule has 0 saturated carbocycles. The Labute approximate surface area is 136 Å². The third-order valence-electron chi connectivity index (χ3n) is 3.93. The molecular formula is C16H22FN3O2S. The second-order valence-corrected chi connectivity index (χ2v) is 7.99. The lowest BCUT2D eigenvalue weighted by atomic mass is 9.96. The summed E-state index contributed by atoms with van der Waals surface area (Å²) >= 11 is 0. The lowest BCUT2D eigenvalue weighted by Gasteiger charge is -2.31. The summed E-state index contributed by atoms with van der Waals surface area (Å²) in [6, 6.07) is 7.31. The highest BCUT2D eigenvalue weighted by Gasteiger charge is 2.30. The van der Waals surface area contributed by atoms with Crippen LogP contribution in [0.25, 0.3) is 0 Å². The van der Waals surface area contributed by atoms with Crippen molar-refractivity contribution < 1.29 is 12.8 Å². The van der Waals surface area contributed by atoms with E-state index in [-0.39, 0.29) is 23.5 Å². The van der Waals surface area contributed by atoms with E-state index in [1.54, 1.807) is 43.2 Å². The van der Waals surface area contributed by atoms with Crippen LogP contribution in [0.2, 0.25) is 0 Å². The number of rotatable bonds is 6. The highest BCUT2D eigenvalue weighted by molar-refractivity contribution is 7.88. The molecule has 7 heteroatoms. The number of hydrogen-bond acceptors (Lipinski definition) is 3. The average molecular weight is 339 g/mol. The van der Waals surface area contributed by atoms with Crippen molar-refractivity contribution >= 4 is 10.0 Å². The minimum absolute atomic E-state index is 0.0479. The molecule has 0 bridgehead atoms.